The Hall–Kier alpha value is -2.33. The molecule has 0 fully saturated rings. The van der Waals surface area contributed by atoms with Gasteiger partial charge in [0.15, 0.2) is 0 Å². The number of ether oxygens (including phenoxy) is 1. The first-order valence-corrected chi connectivity index (χ1v) is 8.01. The van der Waals surface area contributed by atoms with Crippen molar-refractivity contribution in [1.82, 2.24) is 5.32 Å². The van der Waals surface area contributed by atoms with Crippen LogP contribution < -0.4 is 5.32 Å². The van der Waals surface area contributed by atoms with Crippen molar-refractivity contribution in [2.75, 3.05) is 6.54 Å². The Morgan fingerprint density at radius 2 is 2.04 bits per heavy atom. The quantitative estimate of drug-likeness (QED) is 0.737. The van der Waals surface area contributed by atoms with Gasteiger partial charge in [-0.05, 0) is 36.6 Å². The summed E-state index contributed by atoms with van der Waals surface area (Å²) in [5.41, 5.74) is 2.06. The average Bonchev–Trinajstić information content (AvgIpc) is 2.58. The number of alkyl carbamates (subject to hydrolysis) is 1. The number of hydrogen-bond donors (Lipinski definition) is 1. The zero-order valence-electron chi connectivity index (χ0n) is 13.4. The Bertz CT molecular complexity index is 717. The molecule has 0 atom stereocenters. The molecule has 0 unspecified atom stereocenters. The van der Waals surface area contributed by atoms with E-state index in [1.54, 1.807) is 25.1 Å². The van der Waals surface area contributed by atoms with Crippen LogP contribution in [0.1, 0.15) is 23.1 Å². The molecule has 1 amide bonds. The van der Waals surface area contributed by atoms with E-state index in [-0.39, 0.29) is 12.4 Å². The van der Waals surface area contributed by atoms with Crippen molar-refractivity contribution < 1.29 is 13.9 Å². The fraction of sp³-hybridized carbons (Fsp3) is 0.211. The van der Waals surface area contributed by atoms with Crippen molar-refractivity contribution in [2.45, 2.75) is 20.0 Å². The Balaban J connectivity index is 1.70. The lowest BCUT2D eigenvalue weighted by molar-refractivity contribution is 0.140. The van der Waals surface area contributed by atoms with Gasteiger partial charge in [-0.1, -0.05) is 54.1 Å². The summed E-state index contributed by atoms with van der Waals surface area (Å²) in [5.74, 6) is -0.316. The summed E-state index contributed by atoms with van der Waals surface area (Å²) in [5, 5.41) is 3.17. The zero-order chi connectivity index (χ0) is 17.4. The average molecular weight is 348 g/mol. The summed E-state index contributed by atoms with van der Waals surface area (Å²) in [7, 11) is 0. The van der Waals surface area contributed by atoms with Crippen molar-refractivity contribution in [3.63, 3.8) is 0 Å². The van der Waals surface area contributed by atoms with E-state index in [1.165, 1.54) is 6.07 Å². The van der Waals surface area contributed by atoms with Crippen LogP contribution in [0.5, 0.6) is 0 Å². The molecule has 0 saturated carbocycles. The van der Waals surface area contributed by atoms with E-state index in [4.69, 9.17) is 16.3 Å². The fourth-order valence-electron chi connectivity index (χ4n) is 2.03. The van der Waals surface area contributed by atoms with Gasteiger partial charge in [-0.3, -0.25) is 0 Å². The molecule has 2 rings (SSSR count). The third-order valence-corrected chi connectivity index (χ3v) is 3.78. The van der Waals surface area contributed by atoms with Gasteiger partial charge in [0.2, 0.25) is 0 Å². The number of hydrogen-bond acceptors (Lipinski definition) is 2. The summed E-state index contributed by atoms with van der Waals surface area (Å²) in [6, 6.07) is 12.4. The highest BCUT2D eigenvalue weighted by molar-refractivity contribution is 6.31. The monoisotopic (exact) mass is 347 g/mol. The van der Waals surface area contributed by atoms with Gasteiger partial charge in [0.1, 0.15) is 12.4 Å². The standard InChI is InChI=1S/C19H19ClFNO2/c1-14-11-18(21)16(12-17(14)20)9-5-6-10-22-19(23)24-13-15-7-3-2-4-8-15/h2-5,7-9,11-12H,6,10,13H2,1H3,(H,22,23). The SMILES string of the molecule is Cc1cc(F)c(C=CCCNC(=O)OCc2ccccc2)cc1Cl. The van der Waals surface area contributed by atoms with Crippen molar-refractivity contribution in [1.29, 1.82) is 0 Å². The number of amides is 1. The van der Waals surface area contributed by atoms with Crippen LogP contribution in [-0.4, -0.2) is 12.6 Å². The lowest BCUT2D eigenvalue weighted by atomic mass is 10.1. The molecule has 5 heteroatoms. The first-order chi connectivity index (χ1) is 11.6. The Labute approximate surface area is 146 Å². The molecule has 2 aromatic rings. The fourth-order valence-corrected chi connectivity index (χ4v) is 2.20. The third-order valence-electron chi connectivity index (χ3n) is 3.37. The molecule has 0 saturated heterocycles. The van der Waals surface area contributed by atoms with Crippen LogP contribution in [0.2, 0.25) is 5.02 Å². The number of rotatable bonds is 6. The van der Waals surface area contributed by atoms with Gasteiger partial charge in [0.25, 0.3) is 0 Å². The normalized spacial score (nSPS) is 10.8. The molecule has 1 N–H and O–H groups in total. The minimum Gasteiger partial charge on any atom is -0.445 e. The smallest absolute Gasteiger partial charge is 0.407 e. The van der Waals surface area contributed by atoms with E-state index in [9.17, 15) is 9.18 Å². The minimum absolute atomic E-state index is 0.232. The second kappa shape index (κ2) is 9.08. The van der Waals surface area contributed by atoms with Crippen LogP contribution in [0.25, 0.3) is 6.08 Å². The highest BCUT2D eigenvalue weighted by Gasteiger charge is 2.03. The topological polar surface area (TPSA) is 38.3 Å². The highest BCUT2D eigenvalue weighted by Crippen LogP contribution is 2.21. The van der Waals surface area contributed by atoms with E-state index >= 15 is 0 Å². The largest absolute Gasteiger partial charge is 0.445 e. The Morgan fingerprint density at radius 3 is 2.79 bits per heavy atom. The van der Waals surface area contributed by atoms with Crippen LogP contribution in [0.15, 0.2) is 48.5 Å². The Kier molecular flexibility index (Phi) is 6.82. The van der Waals surface area contributed by atoms with E-state index < -0.39 is 6.09 Å². The van der Waals surface area contributed by atoms with Crippen LogP contribution >= 0.6 is 11.6 Å². The molecule has 126 valence electrons. The molecule has 3 nitrogen and oxygen atoms in total. The molecule has 0 bridgehead atoms. The van der Waals surface area contributed by atoms with Gasteiger partial charge in [-0.15, -0.1) is 0 Å². The molecule has 0 aliphatic rings. The lowest BCUT2D eigenvalue weighted by Gasteiger charge is -2.06. The zero-order valence-corrected chi connectivity index (χ0v) is 14.1. The van der Waals surface area contributed by atoms with Crippen LogP contribution in [0.3, 0.4) is 0 Å². The van der Waals surface area contributed by atoms with Crippen molar-refractivity contribution in [2.24, 2.45) is 0 Å². The molecule has 2 aromatic carbocycles. The lowest BCUT2D eigenvalue weighted by Crippen LogP contribution is -2.24. The second-order valence-electron chi connectivity index (χ2n) is 5.30. The molecule has 0 aliphatic carbocycles. The van der Waals surface area contributed by atoms with Crippen LogP contribution in [-0.2, 0) is 11.3 Å². The van der Waals surface area contributed by atoms with Crippen LogP contribution in [0, 0.1) is 12.7 Å². The molecule has 24 heavy (non-hydrogen) atoms. The van der Waals surface area contributed by atoms with Crippen molar-refractivity contribution in [3.8, 4) is 0 Å². The molecule has 0 radical (unpaired) electrons. The maximum Gasteiger partial charge on any atom is 0.407 e. The highest BCUT2D eigenvalue weighted by atomic mass is 35.5. The predicted molar refractivity (Wildman–Crippen MR) is 94.4 cm³/mol. The van der Waals surface area contributed by atoms with Gasteiger partial charge in [-0.2, -0.15) is 0 Å². The first kappa shape index (κ1) is 18.0. The number of carbonyl (C=O) groups is 1. The van der Waals surface area contributed by atoms with Gasteiger partial charge in [0.05, 0.1) is 0 Å². The molecule has 0 spiro atoms. The number of benzene rings is 2. The first-order valence-electron chi connectivity index (χ1n) is 7.63. The summed E-state index contributed by atoms with van der Waals surface area (Å²) in [6.07, 6.45) is 3.52. The van der Waals surface area contributed by atoms with E-state index in [0.29, 0.717) is 29.1 Å². The van der Waals surface area contributed by atoms with Crippen molar-refractivity contribution in [3.05, 3.63) is 76.1 Å². The Morgan fingerprint density at radius 1 is 1.29 bits per heavy atom. The summed E-state index contributed by atoms with van der Waals surface area (Å²) in [4.78, 5) is 11.6. The second-order valence-corrected chi connectivity index (χ2v) is 5.71. The number of carbonyl (C=O) groups excluding carboxylic acids is 1. The van der Waals surface area contributed by atoms with E-state index in [0.717, 1.165) is 5.56 Å². The maximum absolute atomic E-state index is 13.7. The maximum atomic E-state index is 13.7. The molecule has 0 aromatic heterocycles. The predicted octanol–water partition coefficient (Wildman–Crippen LogP) is 5.12. The molecular weight excluding hydrogens is 329 g/mol. The van der Waals surface area contributed by atoms with E-state index in [1.807, 2.05) is 30.3 Å². The molecule has 0 aliphatic heterocycles. The molecule has 0 heterocycles. The van der Waals surface area contributed by atoms with Gasteiger partial charge >= 0.3 is 6.09 Å². The van der Waals surface area contributed by atoms with Gasteiger partial charge in [0, 0.05) is 17.1 Å². The number of aryl methyl sites for hydroxylation is 1. The number of nitrogens with one attached hydrogen (secondary N) is 1. The number of halogens is 2. The van der Waals surface area contributed by atoms with Crippen LogP contribution in [0.4, 0.5) is 9.18 Å². The van der Waals surface area contributed by atoms with Crippen molar-refractivity contribution >= 4 is 23.8 Å². The van der Waals surface area contributed by atoms with Gasteiger partial charge in [-0.25, -0.2) is 9.18 Å². The van der Waals surface area contributed by atoms with E-state index in [2.05, 4.69) is 5.32 Å². The van der Waals surface area contributed by atoms with Gasteiger partial charge < -0.3 is 10.1 Å². The summed E-state index contributed by atoms with van der Waals surface area (Å²) >= 11 is 5.98. The third kappa shape index (κ3) is 5.70. The molecular formula is C19H19ClFNO2. The summed E-state index contributed by atoms with van der Waals surface area (Å²) < 4.78 is 18.8. The minimum atomic E-state index is -0.475. The summed E-state index contributed by atoms with van der Waals surface area (Å²) in [6.45, 7) is 2.39.